The zero-order chi connectivity index (χ0) is 27.1. The summed E-state index contributed by atoms with van der Waals surface area (Å²) in [5.41, 5.74) is 7.52. The monoisotopic (exact) mass is 525 g/mol. The first-order chi connectivity index (χ1) is 18.5. The molecule has 0 spiro atoms. The number of hydrogen-bond donors (Lipinski definition) is 2. The Labute approximate surface area is 224 Å². The summed E-state index contributed by atoms with van der Waals surface area (Å²) in [5.74, 6) is 0.0735. The molecule has 0 bridgehead atoms. The Bertz CT molecular complexity index is 1100. The van der Waals surface area contributed by atoms with Gasteiger partial charge in [-0.1, -0.05) is 37.6 Å². The maximum absolute atomic E-state index is 13.5. The number of carboxylic acids is 1. The maximum Gasteiger partial charge on any atom is 0.308 e. The van der Waals surface area contributed by atoms with Crippen LogP contribution >= 0.6 is 0 Å². The first kappa shape index (κ1) is 27.7. The molecule has 2 aromatic carbocycles. The molecule has 2 heterocycles. The number of carbonyl (C=O) groups is 2. The fraction of sp³-hybridized carbons (Fsp3) is 0.517. The smallest absolute Gasteiger partial charge is 0.308 e. The SMILES string of the molecule is CCCCN(CCCN)C(=O)CN1C[C@H](c2ccc3c(c2)OCO3)C(C(=O)O)[C@@H]1Cc1ccccc1OC. The molecule has 9 nitrogen and oxygen atoms in total. The van der Waals surface area contributed by atoms with Gasteiger partial charge in [0.05, 0.1) is 19.6 Å². The standard InChI is InChI=1S/C29H39N3O6/c1-3-4-13-31(14-7-12-30)27(33)18-32-17-22(20-10-11-25-26(16-20)38-19-37-25)28(29(34)35)23(32)15-21-8-5-6-9-24(21)36-2/h5-6,8-11,16,22-23,28H,3-4,7,12-15,17-19,30H2,1-2H3,(H,34,35)/t22-,23+,28?/m1/s1. The van der Waals surface area contributed by atoms with Crippen LogP contribution < -0.4 is 19.9 Å². The summed E-state index contributed by atoms with van der Waals surface area (Å²) in [6, 6.07) is 12.9. The van der Waals surface area contributed by atoms with Crippen LogP contribution in [0, 0.1) is 5.92 Å². The third-order valence-corrected chi connectivity index (χ3v) is 7.58. The number of benzene rings is 2. The number of carboxylic acid groups (broad SMARTS) is 1. The lowest BCUT2D eigenvalue weighted by atomic mass is 9.83. The summed E-state index contributed by atoms with van der Waals surface area (Å²) >= 11 is 0. The van der Waals surface area contributed by atoms with Gasteiger partial charge < -0.3 is 30.0 Å². The molecule has 0 saturated carbocycles. The molecule has 3 atom stereocenters. The first-order valence-corrected chi connectivity index (χ1v) is 13.4. The van der Waals surface area contributed by atoms with Crippen molar-refractivity contribution in [3.8, 4) is 17.2 Å². The highest BCUT2D eigenvalue weighted by Gasteiger charge is 2.47. The molecule has 206 valence electrons. The van der Waals surface area contributed by atoms with Gasteiger partial charge in [0, 0.05) is 31.6 Å². The molecule has 2 aliphatic heterocycles. The van der Waals surface area contributed by atoms with Crippen molar-refractivity contribution in [2.45, 2.75) is 44.6 Å². The first-order valence-electron chi connectivity index (χ1n) is 13.4. The molecule has 4 rings (SSSR count). The van der Waals surface area contributed by atoms with E-state index < -0.39 is 17.9 Å². The number of carbonyl (C=O) groups excluding carboxylic acids is 1. The highest BCUT2D eigenvalue weighted by molar-refractivity contribution is 5.79. The summed E-state index contributed by atoms with van der Waals surface area (Å²) in [5, 5.41) is 10.5. The Hall–Kier alpha value is -3.30. The van der Waals surface area contributed by atoms with Gasteiger partial charge >= 0.3 is 5.97 Å². The topological polar surface area (TPSA) is 115 Å². The lowest BCUT2D eigenvalue weighted by Crippen LogP contribution is -2.45. The van der Waals surface area contributed by atoms with E-state index in [9.17, 15) is 14.7 Å². The van der Waals surface area contributed by atoms with Crippen molar-refractivity contribution in [2.24, 2.45) is 11.7 Å². The summed E-state index contributed by atoms with van der Waals surface area (Å²) in [7, 11) is 1.61. The predicted molar refractivity (Wildman–Crippen MR) is 144 cm³/mol. The largest absolute Gasteiger partial charge is 0.496 e. The molecule has 3 N–H and O–H groups in total. The summed E-state index contributed by atoms with van der Waals surface area (Å²) < 4.78 is 16.6. The normalized spacial score (nSPS) is 20.4. The average molecular weight is 526 g/mol. The van der Waals surface area contributed by atoms with E-state index in [2.05, 4.69) is 6.92 Å². The van der Waals surface area contributed by atoms with Gasteiger partial charge in [-0.2, -0.15) is 0 Å². The van der Waals surface area contributed by atoms with Crippen LogP contribution in [0.2, 0.25) is 0 Å². The van der Waals surface area contributed by atoms with Crippen LogP contribution in [0.4, 0.5) is 0 Å². The van der Waals surface area contributed by atoms with Crippen LogP contribution in [0.15, 0.2) is 42.5 Å². The highest BCUT2D eigenvalue weighted by atomic mass is 16.7. The Morgan fingerprint density at radius 2 is 1.89 bits per heavy atom. The third-order valence-electron chi connectivity index (χ3n) is 7.58. The molecular formula is C29H39N3O6. The molecule has 0 radical (unpaired) electrons. The molecule has 1 fully saturated rings. The van der Waals surface area contributed by atoms with Gasteiger partial charge in [-0.3, -0.25) is 14.5 Å². The Morgan fingerprint density at radius 3 is 2.63 bits per heavy atom. The number of unbranched alkanes of at least 4 members (excludes halogenated alkanes) is 1. The van der Waals surface area contributed by atoms with Crippen molar-refractivity contribution >= 4 is 11.9 Å². The fourth-order valence-corrected chi connectivity index (χ4v) is 5.59. The number of fused-ring (bicyclic) bond motifs is 1. The summed E-state index contributed by atoms with van der Waals surface area (Å²) in [6.45, 7) is 4.65. The van der Waals surface area contributed by atoms with Crippen LogP contribution in [0.3, 0.4) is 0 Å². The van der Waals surface area contributed by atoms with E-state index in [1.807, 2.05) is 52.3 Å². The van der Waals surface area contributed by atoms with Crippen molar-refractivity contribution in [3.05, 3.63) is 53.6 Å². The predicted octanol–water partition coefficient (Wildman–Crippen LogP) is 3.11. The molecule has 0 aliphatic carbocycles. The molecule has 38 heavy (non-hydrogen) atoms. The number of methoxy groups -OCH3 is 1. The van der Waals surface area contributed by atoms with E-state index in [0.717, 1.165) is 30.4 Å². The molecular weight excluding hydrogens is 486 g/mol. The van der Waals surface area contributed by atoms with Crippen molar-refractivity contribution in [3.63, 3.8) is 0 Å². The molecule has 2 aliphatic rings. The zero-order valence-corrected chi connectivity index (χ0v) is 22.3. The Balaban J connectivity index is 1.66. The van der Waals surface area contributed by atoms with Crippen LogP contribution in [-0.2, 0) is 16.0 Å². The van der Waals surface area contributed by atoms with Gasteiger partial charge in [0.1, 0.15) is 5.75 Å². The van der Waals surface area contributed by atoms with Gasteiger partial charge in [-0.25, -0.2) is 0 Å². The summed E-state index contributed by atoms with van der Waals surface area (Å²) in [4.78, 5) is 30.3. The lowest BCUT2D eigenvalue weighted by molar-refractivity contribution is -0.143. The van der Waals surface area contributed by atoms with Crippen LogP contribution in [0.1, 0.15) is 43.2 Å². The molecule has 9 heteroatoms. The number of rotatable bonds is 13. The maximum atomic E-state index is 13.5. The van der Waals surface area contributed by atoms with Gasteiger partial charge in [0.25, 0.3) is 0 Å². The number of amides is 1. The van der Waals surface area contributed by atoms with E-state index in [-0.39, 0.29) is 25.2 Å². The molecule has 1 amide bonds. The number of ether oxygens (including phenoxy) is 3. The van der Waals surface area contributed by atoms with Crippen molar-refractivity contribution in [2.75, 3.05) is 46.6 Å². The van der Waals surface area contributed by atoms with Crippen LogP contribution in [0.5, 0.6) is 17.2 Å². The minimum absolute atomic E-state index is 0.00685. The molecule has 2 aromatic rings. The Morgan fingerprint density at radius 1 is 1.13 bits per heavy atom. The molecule has 1 unspecified atom stereocenters. The average Bonchev–Trinajstić information content (AvgIpc) is 3.53. The van der Waals surface area contributed by atoms with Crippen LogP contribution in [0.25, 0.3) is 0 Å². The molecule has 0 aromatic heterocycles. The number of nitrogens with two attached hydrogens (primary N) is 1. The highest BCUT2D eigenvalue weighted by Crippen LogP contribution is 2.43. The minimum atomic E-state index is -0.881. The van der Waals surface area contributed by atoms with E-state index in [0.29, 0.717) is 49.8 Å². The van der Waals surface area contributed by atoms with E-state index in [1.54, 1.807) is 7.11 Å². The minimum Gasteiger partial charge on any atom is -0.496 e. The lowest BCUT2D eigenvalue weighted by Gasteiger charge is -2.30. The number of hydrogen-bond acceptors (Lipinski definition) is 7. The van der Waals surface area contributed by atoms with Crippen molar-refractivity contribution < 1.29 is 28.9 Å². The number of likely N-dealkylation sites (tertiary alicyclic amines) is 1. The third kappa shape index (κ3) is 6.22. The van der Waals surface area contributed by atoms with Gasteiger partial charge in [0.15, 0.2) is 11.5 Å². The molecule has 1 saturated heterocycles. The summed E-state index contributed by atoms with van der Waals surface area (Å²) in [6.07, 6.45) is 3.09. The van der Waals surface area contributed by atoms with E-state index in [1.165, 1.54) is 0 Å². The van der Waals surface area contributed by atoms with Gasteiger partial charge in [-0.05, 0) is 55.1 Å². The van der Waals surface area contributed by atoms with E-state index in [4.69, 9.17) is 19.9 Å². The van der Waals surface area contributed by atoms with E-state index >= 15 is 0 Å². The zero-order valence-electron chi connectivity index (χ0n) is 22.3. The van der Waals surface area contributed by atoms with Gasteiger partial charge in [-0.15, -0.1) is 0 Å². The number of para-hydroxylation sites is 1. The number of nitrogens with zero attached hydrogens (tertiary/aromatic N) is 2. The van der Waals surface area contributed by atoms with Crippen molar-refractivity contribution in [1.82, 2.24) is 9.80 Å². The second-order valence-electron chi connectivity index (χ2n) is 9.97. The van der Waals surface area contributed by atoms with Gasteiger partial charge in [0.2, 0.25) is 12.7 Å². The second-order valence-corrected chi connectivity index (χ2v) is 9.97. The quantitative estimate of drug-likeness (QED) is 0.410. The van der Waals surface area contributed by atoms with Crippen molar-refractivity contribution in [1.29, 1.82) is 0 Å². The second kappa shape index (κ2) is 13.0. The van der Waals surface area contributed by atoms with Crippen LogP contribution in [-0.4, -0.2) is 79.5 Å². The number of aliphatic carboxylic acids is 1. The Kier molecular flexibility index (Phi) is 9.47. The fourth-order valence-electron chi connectivity index (χ4n) is 5.59.